The first-order valence-corrected chi connectivity index (χ1v) is 4.87. The Morgan fingerprint density at radius 1 is 1.31 bits per heavy atom. The predicted octanol–water partition coefficient (Wildman–Crippen LogP) is 2.65. The quantitative estimate of drug-likeness (QED) is 0.677. The number of ether oxygens (including phenoxy) is 1. The molecule has 0 fully saturated rings. The van der Waals surface area contributed by atoms with Crippen molar-refractivity contribution in [3.8, 4) is 5.75 Å². The predicted molar refractivity (Wildman–Crippen MR) is 56.8 cm³/mol. The molecule has 1 rings (SSSR count). The van der Waals surface area contributed by atoms with Gasteiger partial charge in [-0.05, 0) is 18.6 Å². The molecule has 1 aromatic carbocycles. The van der Waals surface area contributed by atoms with E-state index in [9.17, 15) is 0 Å². The summed E-state index contributed by atoms with van der Waals surface area (Å²) in [5, 5.41) is 0. The number of hydrogen-bond donors (Lipinski definition) is 0. The van der Waals surface area contributed by atoms with Crippen molar-refractivity contribution in [1.29, 1.82) is 0 Å². The second kappa shape index (κ2) is 5.95. The van der Waals surface area contributed by atoms with E-state index in [4.69, 9.17) is 9.26 Å². The van der Waals surface area contributed by atoms with Gasteiger partial charge in [0.1, 0.15) is 12.4 Å². The lowest BCUT2D eigenvalue weighted by molar-refractivity contribution is 0.146. The van der Waals surface area contributed by atoms with Crippen LogP contribution in [-0.4, -0.2) is 12.7 Å². The van der Waals surface area contributed by atoms with E-state index < -0.39 is 0 Å². The summed E-state index contributed by atoms with van der Waals surface area (Å²) in [7, 11) is 2.27. The molecule has 0 spiro atoms. The van der Waals surface area contributed by atoms with Crippen LogP contribution in [0.4, 0.5) is 0 Å². The van der Waals surface area contributed by atoms with Crippen LogP contribution < -0.4 is 4.74 Å². The summed E-state index contributed by atoms with van der Waals surface area (Å²) in [5.74, 6) is 0.892. The number of benzene rings is 1. The second-order valence-electron chi connectivity index (χ2n) is 2.79. The smallest absolute Gasteiger partial charge is 0.119 e. The van der Waals surface area contributed by atoms with Crippen LogP contribution in [0, 0.1) is 0 Å². The van der Waals surface area contributed by atoms with Gasteiger partial charge in [-0.25, -0.2) is 0 Å². The molecular weight excluding hydrogens is 183 g/mol. The first kappa shape index (κ1) is 10.5. The molecule has 0 heterocycles. The van der Waals surface area contributed by atoms with E-state index in [1.165, 1.54) is 0 Å². The Bertz CT molecular complexity index is 222. The largest absolute Gasteiger partial charge is 0.491 e. The van der Waals surface area contributed by atoms with Crippen LogP contribution >= 0.6 is 9.47 Å². The van der Waals surface area contributed by atoms with E-state index in [0.29, 0.717) is 6.61 Å². The number of para-hydroxylation sites is 1. The molecule has 0 aliphatic rings. The lowest BCUT2D eigenvalue weighted by Gasteiger charge is -2.13. The van der Waals surface area contributed by atoms with Gasteiger partial charge in [0.15, 0.2) is 0 Å². The molecule has 0 aliphatic heterocycles. The summed E-state index contributed by atoms with van der Waals surface area (Å²) in [6.07, 6.45) is 1.11. The van der Waals surface area contributed by atoms with E-state index in [2.05, 4.69) is 16.4 Å². The fourth-order valence-electron chi connectivity index (χ4n) is 0.959. The summed E-state index contributed by atoms with van der Waals surface area (Å²) in [4.78, 5) is 0. The molecule has 0 N–H and O–H groups in total. The molecule has 3 heteroatoms. The third kappa shape index (κ3) is 3.75. The highest BCUT2D eigenvalue weighted by atomic mass is 31.0. The van der Waals surface area contributed by atoms with E-state index in [1.807, 2.05) is 30.3 Å². The molecular formula is C10H15O2P. The Morgan fingerprint density at radius 2 is 2.00 bits per heavy atom. The molecule has 0 saturated heterocycles. The van der Waals surface area contributed by atoms with Crippen LogP contribution in [0.15, 0.2) is 30.3 Å². The van der Waals surface area contributed by atoms with Gasteiger partial charge >= 0.3 is 0 Å². The monoisotopic (exact) mass is 198 g/mol. The summed E-state index contributed by atoms with van der Waals surface area (Å²) in [5.41, 5.74) is 0. The number of hydrogen-bond acceptors (Lipinski definition) is 2. The fraction of sp³-hybridized carbons (Fsp3) is 0.400. The Morgan fingerprint density at radius 3 is 2.54 bits per heavy atom. The van der Waals surface area contributed by atoms with Gasteiger partial charge in [-0.1, -0.05) is 25.1 Å². The van der Waals surface area contributed by atoms with E-state index in [0.717, 1.165) is 12.2 Å². The lowest BCUT2D eigenvalue weighted by Crippen LogP contribution is -2.16. The zero-order valence-electron chi connectivity index (χ0n) is 7.77. The minimum absolute atomic E-state index is 0.158. The Hall–Kier alpha value is -0.590. The highest BCUT2D eigenvalue weighted by molar-refractivity contribution is 7.09. The highest BCUT2D eigenvalue weighted by Crippen LogP contribution is 2.11. The van der Waals surface area contributed by atoms with Gasteiger partial charge in [-0.15, -0.1) is 0 Å². The summed E-state index contributed by atoms with van der Waals surface area (Å²) in [6.45, 7) is 2.67. The summed E-state index contributed by atoms with van der Waals surface area (Å²) >= 11 is 0. The maximum absolute atomic E-state index is 5.51. The molecule has 13 heavy (non-hydrogen) atoms. The second-order valence-corrected chi connectivity index (χ2v) is 3.06. The van der Waals surface area contributed by atoms with Gasteiger partial charge in [0.2, 0.25) is 0 Å². The average Bonchev–Trinajstić information content (AvgIpc) is 2.21. The fourth-order valence-corrected chi connectivity index (χ4v) is 1.23. The molecule has 2 atom stereocenters. The topological polar surface area (TPSA) is 18.5 Å². The third-order valence-electron chi connectivity index (χ3n) is 1.83. The van der Waals surface area contributed by atoms with Gasteiger partial charge in [0.05, 0.1) is 6.10 Å². The van der Waals surface area contributed by atoms with Crippen molar-refractivity contribution >= 4 is 9.47 Å². The van der Waals surface area contributed by atoms with Crippen LogP contribution in [0.5, 0.6) is 5.75 Å². The van der Waals surface area contributed by atoms with E-state index in [1.54, 1.807) is 0 Å². The van der Waals surface area contributed by atoms with Crippen molar-refractivity contribution in [2.45, 2.75) is 19.4 Å². The summed E-state index contributed by atoms with van der Waals surface area (Å²) < 4.78 is 10.6. The van der Waals surface area contributed by atoms with Crippen LogP contribution in [0.3, 0.4) is 0 Å². The normalized spacial score (nSPS) is 12.5. The SMILES string of the molecule is CCC(COc1ccccc1)OP. The van der Waals surface area contributed by atoms with Crippen molar-refractivity contribution in [3.63, 3.8) is 0 Å². The van der Waals surface area contributed by atoms with Crippen molar-refractivity contribution < 1.29 is 9.26 Å². The molecule has 0 bridgehead atoms. The maximum Gasteiger partial charge on any atom is 0.119 e. The molecule has 72 valence electrons. The maximum atomic E-state index is 5.51. The van der Waals surface area contributed by atoms with Crippen LogP contribution in [-0.2, 0) is 4.52 Å². The van der Waals surface area contributed by atoms with Gasteiger partial charge < -0.3 is 9.26 Å². The van der Waals surface area contributed by atoms with Gasteiger partial charge in [0, 0.05) is 9.47 Å². The third-order valence-corrected chi connectivity index (χ3v) is 2.21. The molecule has 0 amide bonds. The standard InChI is InChI=1S/C10H15O2P/c1-2-9(12-13)8-11-10-6-4-3-5-7-10/h3-7,9H,2,8,13H2,1H3. The molecule has 0 radical (unpaired) electrons. The van der Waals surface area contributed by atoms with Crippen molar-refractivity contribution in [1.82, 2.24) is 0 Å². The first-order chi connectivity index (χ1) is 6.36. The molecule has 0 aromatic heterocycles. The van der Waals surface area contributed by atoms with Crippen molar-refractivity contribution in [3.05, 3.63) is 30.3 Å². The van der Waals surface area contributed by atoms with Crippen LogP contribution in [0.25, 0.3) is 0 Å². The Kier molecular flexibility index (Phi) is 4.81. The van der Waals surface area contributed by atoms with Gasteiger partial charge in [-0.3, -0.25) is 0 Å². The molecule has 0 saturated carbocycles. The molecule has 2 unspecified atom stereocenters. The Balaban J connectivity index is 2.34. The zero-order valence-corrected chi connectivity index (χ0v) is 8.93. The minimum Gasteiger partial charge on any atom is -0.491 e. The van der Waals surface area contributed by atoms with Crippen LogP contribution in [0.2, 0.25) is 0 Å². The summed E-state index contributed by atoms with van der Waals surface area (Å²) in [6, 6.07) is 9.76. The molecule has 1 aromatic rings. The first-order valence-electron chi connectivity index (χ1n) is 4.40. The van der Waals surface area contributed by atoms with Gasteiger partial charge in [-0.2, -0.15) is 0 Å². The Labute approximate surface area is 81.5 Å². The minimum atomic E-state index is 0.158. The van der Waals surface area contributed by atoms with Crippen LogP contribution in [0.1, 0.15) is 13.3 Å². The van der Waals surface area contributed by atoms with E-state index in [-0.39, 0.29) is 6.10 Å². The average molecular weight is 198 g/mol. The van der Waals surface area contributed by atoms with Crippen molar-refractivity contribution in [2.24, 2.45) is 0 Å². The van der Waals surface area contributed by atoms with Crippen molar-refractivity contribution in [2.75, 3.05) is 6.61 Å². The molecule has 2 nitrogen and oxygen atoms in total. The molecule has 0 aliphatic carbocycles. The lowest BCUT2D eigenvalue weighted by atomic mass is 10.3. The number of rotatable bonds is 5. The zero-order chi connectivity index (χ0) is 9.52. The van der Waals surface area contributed by atoms with Gasteiger partial charge in [0.25, 0.3) is 0 Å². The highest BCUT2D eigenvalue weighted by Gasteiger charge is 2.04. The van der Waals surface area contributed by atoms with E-state index >= 15 is 0 Å².